The number of carboxylic acids is 1. The lowest BCUT2D eigenvalue weighted by atomic mass is 9.91. The minimum absolute atomic E-state index is 0.0381. The van der Waals surface area contributed by atoms with Crippen molar-refractivity contribution in [1.82, 2.24) is 10.2 Å². The van der Waals surface area contributed by atoms with Gasteiger partial charge in [-0.25, -0.2) is 9.18 Å². The van der Waals surface area contributed by atoms with E-state index < -0.39 is 29.7 Å². The Hall–Kier alpha value is -2.15. The number of rotatable bonds is 3. The van der Waals surface area contributed by atoms with Gasteiger partial charge in [0, 0.05) is 24.2 Å². The third-order valence-electron chi connectivity index (χ3n) is 3.85. The summed E-state index contributed by atoms with van der Waals surface area (Å²) in [4.78, 5) is 36.8. The summed E-state index contributed by atoms with van der Waals surface area (Å²) in [5.41, 5.74) is -0.0428. The van der Waals surface area contributed by atoms with Crippen molar-refractivity contribution in [2.24, 2.45) is 5.92 Å². The molecule has 0 saturated carbocycles. The molecule has 1 aliphatic rings. The van der Waals surface area contributed by atoms with E-state index in [2.05, 4.69) is 5.32 Å². The standard InChI is InChI=1S/C15H16ClFN2O4/c1-18-13(20)8-2-3-12(15(22)23)19(7-8)14(21)9-4-10(16)6-11(17)5-9/h4-6,8,12H,2-3,7H2,1H3,(H,18,20)(H,22,23)/t8-,12-/m0/s1. The maximum absolute atomic E-state index is 13.4. The molecular weight excluding hydrogens is 327 g/mol. The molecule has 1 heterocycles. The van der Waals surface area contributed by atoms with Gasteiger partial charge in [0.05, 0.1) is 5.92 Å². The van der Waals surface area contributed by atoms with E-state index in [1.54, 1.807) is 0 Å². The molecule has 1 aromatic rings. The molecule has 23 heavy (non-hydrogen) atoms. The van der Waals surface area contributed by atoms with E-state index in [0.717, 1.165) is 17.0 Å². The highest BCUT2D eigenvalue weighted by Gasteiger charge is 2.38. The molecule has 2 atom stereocenters. The van der Waals surface area contributed by atoms with Crippen LogP contribution in [0.5, 0.6) is 0 Å². The van der Waals surface area contributed by atoms with Gasteiger partial charge >= 0.3 is 5.97 Å². The Morgan fingerprint density at radius 1 is 1.30 bits per heavy atom. The molecule has 1 aliphatic heterocycles. The van der Waals surface area contributed by atoms with E-state index in [1.807, 2.05) is 0 Å². The fourth-order valence-corrected chi connectivity index (χ4v) is 2.94. The number of benzene rings is 1. The van der Waals surface area contributed by atoms with Gasteiger partial charge in [0.1, 0.15) is 11.9 Å². The number of hydrogen-bond donors (Lipinski definition) is 2. The number of piperidine rings is 1. The summed E-state index contributed by atoms with van der Waals surface area (Å²) in [6, 6.07) is 2.27. The maximum Gasteiger partial charge on any atom is 0.326 e. The molecular formula is C15H16ClFN2O4. The molecule has 0 aromatic heterocycles. The molecule has 124 valence electrons. The number of nitrogens with one attached hydrogen (secondary N) is 1. The summed E-state index contributed by atoms with van der Waals surface area (Å²) in [5, 5.41) is 11.8. The van der Waals surface area contributed by atoms with E-state index in [9.17, 15) is 23.9 Å². The van der Waals surface area contributed by atoms with Gasteiger partial charge in [0.25, 0.3) is 5.91 Å². The SMILES string of the molecule is CNC(=O)[C@H]1CC[C@@H](C(=O)O)N(C(=O)c2cc(F)cc(Cl)c2)C1. The van der Waals surface area contributed by atoms with Crippen LogP contribution in [0.25, 0.3) is 0 Å². The topological polar surface area (TPSA) is 86.7 Å². The van der Waals surface area contributed by atoms with Crippen molar-refractivity contribution in [2.75, 3.05) is 13.6 Å². The largest absolute Gasteiger partial charge is 0.480 e. The van der Waals surface area contributed by atoms with Crippen LogP contribution in [0.3, 0.4) is 0 Å². The highest BCUT2D eigenvalue weighted by atomic mass is 35.5. The molecule has 1 fully saturated rings. The number of aliphatic carboxylic acids is 1. The molecule has 2 rings (SSSR count). The molecule has 0 aliphatic carbocycles. The van der Waals surface area contributed by atoms with Crippen molar-refractivity contribution < 1.29 is 23.9 Å². The molecule has 8 heteroatoms. The zero-order valence-corrected chi connectivity index (χ0v) is 13.1. The molecule has 0 radical (unpaired) electrons. The summed E-state index contributed by atoms with van der Waals surface area (Å²) in [5.74, 6) is -3.26. The number of carboxylic acid groups (broad SMARTS) is 1. The zero-order chi connectivity index (χ0) is 17.1. The predicted octanol–water partition coefficient (Wildman–Crippen LogP) is 1.53. The summed E-state index contributed by atoms with van der Waals surface area (Å²) >= 11 is 5.74. The van der Waals surface area contributed by atoms with Crippen LogP contribution in [-0.4, -0.2) is 47.4 Å². The third-order valence-corrected chi connectivity index (χ3v) is 4.07. The van der Waals surface area contributed by atoms with Crippen LogP contribution in [0.2, 0.25) is 5.02 Å². The first kappa shape index (κ1) is 17.2. The fraction of sp³-hybridized carbons (Fsp3) is 0.400. The number of halogens is 2. The number of hydrogen-bond acceptors (Lipinski definition) is 3. The smallest absolute Gasteiger partial charge is 0.326 e. The van der Waals surface area contributed by atoms with E-state index in [1.165, 1.54) is 13.1 Å². The second-order valence-corrected chi connectivity index (χ2v) is 5.79. The first-order valence-electron chi connectivity index (χ1n) is 7.05. The Kier molecular flexibility index (Phi) is 5.20. The van der Waals surface area contributed by atoms with Gasteiger partial charge in [-0.05, 0) is 31.0 Å². The van der Waals surface area contributed by atoms with Crippen LogP contribution in [0.15, 0.2) is 18.2 Å². The molecule has 2 N–H and O–H groups in total. The first-order valence-corrected chi connectivity index (χ1v) is 7.42. The van der Waals surface area contributed by atoms with E-state index in [4.69, 9.17) is 11.6 Å². The number of likely N-dealkylation sites (tertiary alicyclic amines) is 1. The van der Waals surface area contributed by atoms with Crippen molar-refractivity contribution in [2.45, 2.75) is 18.9 Å². The van der Waals surface area contributed by atoms with Gasteiger partial charge < -0.3 is 15.3 Å². The van der Waals surface area contributed by atoms with E-state index in [0.29, 0.717) is 6.42 Å². The lowest BCUT2D eigenvalue weighted by molar-refractivity contribution is -0.145. The van der Waals surface area contributed by atoms with Crippen LogP contribution in [-0.2, 0) is 9.59 Å². The number of nitrogens with zero attached hydrogens (tertiary/aromatic N) is 1. The van der Waals surface area contributed by atoms with Crippen LogP contribution in [0.1, 0.15) is 23.2 Å². The predicted molar refractivity (Wildman–Crippen MR) is 80.7 cm³/mol. The van der Waals surface area contributed by atoms with E-state index >= 15 is 0 Å². The van der Waals surface area contributed by atoms with Crippen molar-refractivity contribution in [3.05, 3.63) is 34.6 Å². The second kappa shape index (κ2) is 6.95. The van der Waals surface area contributed by atoms with Gasteiger partial charge in [-0.15, -0.1) is 0 Å². The normalized spacial score (nSPS) is 20.9. The average molecular weight is 343 g/mol. The molecule has 6 nitrogen and oxygen atoms in total. The Morgan fingerprint density at radius 3 is 2.57 bits per heavy atom. The molecule has 1 aromatic carbocycles. The molecule has 0 spiro atoms. The summed E-state index contributed by atoms with van der Waals surface area (Å²) in [6.45, 7) is -0.0381. The maximum atomic E-state index is 13.4. The van der Waals surface area contributed by atoms with Crippen molar-refractivity contribution in [1.29, 1.82) is 0 Å². The van der Waals surface area contributed by atoms with Gasteiger partial charge in [-0.1, -0.05) is 11.6 Å². The Bertz CT molecular complexity index is 632. The minimum atomic E-state index is -1.16. The highest BCUT2D eigenvalue weighted by molar-refractivity contribution is 6.31. The Morgan fingerprint density at radius 2 is 2.00 bits per heavy atom. The molecule has 0 bridgehead atoms. The highest BCUT2D eigenvalue weighted by Crippen LogP contribution is 2.25. The second-order valence-electron chi connectivity index (χ2n) is 5.36. The van der Waals surface area contributed by atoms with Crippen LogP contribution >= 0.6 is 11.6 Å². The minimum Gasteiger partial charge on any atom is -0.480 e. The number of carbonyl (C=O) groups excluding carboxylic acids is 2. The quantitative estimate of drug-likeness (QED) is 0.872. The molecule has 1 saturated heterocycles. The van der Waals surface area contributed by atoms with Crippen LogP contribution in [0.4, 0.5) is 4.39 Å². The summed E-state index contributed by atoms with van der Waals surface area (Å²) in [7, 11) is 1.48. The van der Waals surface area contributed by atoms with Gasteiger partial charge in [0.15, 0.2) is 0 Å². The summed E-state index contributed by atoms with van der Waals surface area (Å²) < 4.78 is 13.4. The average Bonchev–Trinajstić information content (AvgIpc) is 2.51. The van der Waals surface area contributed by atoms with E-state index in [-0.39, 0.29) is 29.5 Å². The van der Waals surface area contributed by atoms with Crippen molar-refractivity contribution >= 4 is 29.4 Å². The Labute approximate surface area is 137 Å². The summed E-state index contributed by atoms with van der Waals surface area (Å²) in [6.07, 6.45) is 0.520. The van der Waals surface area contributed by atoms with Gasteiger partial charge in [-0.2, -0.15) is 0 Å². The lowest BCUT2D eigenvalue weighted by Gasteiger charge is -2.36. The zero-order valence-electron chi connectivity index (χ0n) is 12.4. The molecule has 0 unspecified atom stereocenters. The molecule has 2 amide bonds. The van der Waals surface area contributed by atoms with Crippen LogP contribution in [0, 0.1) is 11.7 Å². The van der Waals surface area contributed by atoms with Crippen LogP contribution < -0.4 is 5.32 Å². The van der Waals surface area contributed by atoms with Gasteiger partial charge in [0.2, 0.25) is 5.91 Å². The fourth-order valence-electron chi connectivity index (χ4n) is 2.71. The van der Waals surface area contributed by atoms with Crippen molar-refractivity contribution in [3.8, 4) is 0 Å². The van der Waals surface area contributed by atoms with Gasteiger partial charge in [-0.3, -0.25) is 9.59 Å². The lowest BCUT2D eigenvalue weighted by Crippen LogP contribution is -2.53. The third kappa shape index (κ3) is 3.79. The number of carbonyl (C=O) groups is 3. The van der Waals surface area contributed by atoms with Crippen molar-refractivity contribution in [3.63, 3.8) is 0 Å². The number of amides is 2. The first-order chi connectivity index (χ1) is 10.8. The Balaban J connectivity index is 2.31. The monoisotopic (exact) mass is 342 g/mol.